The molecule has 1 aromatic rings. The van der Waals surface area contributed by atoms with Gasteiger partial charge < -0.3 is 5.32 Å². The molecule has 2 aliphatic carbocycles. The Morgan fingerprint density at radius 3 is 2.79 bits per heavy atom. The molecule has 2 heteroatoms. The predicted octanol–water partition coefficient (Wildman–Crippen LogP) is 4.10. The molecule has 3 atom stereocenters. The van der Waals surface area contributed by atoms with Crippen LogP contribution in [-0.2, 0) is 6.42 Å². The van der Waals surface area contributed by atoms with Gasteiger partial charge in [-0.05, 0) is 61.6 Å². The number of alkyl halides is 1. The SMILES string of the molecule is ClC1CCCC1CNCC1CCCc2ccccc21. The maximum atomic E-state index is 6.34. The third-order valence-corrected chi connectivity index (χ3v) is 5.43. The molecule has 2 aliphatic rings. The number of hydrogen-bond donors (Lipinski definition) is 1. The standard InChI is InChI=1S/C17H24ClN/c18-17-10-4-8-15(17)12-19-11-14-7-3-6-13-5-1-2-9-16(13)14/h1-2,5,9,14-15,17,19H,3-4,6-8,10-12H2. The third kappa shape index (κ3) is 3.14. The highest BCUT2D eigenvalue weighted by Crippen LogP contribution is 2.32. The summed E-state index contributed by atoms with van der Waals surface area (Å²) in [5, 5.41) is 4.09. The lowest BCUT2D eigenvalue weighted by atomic mass is 9.83. The van der Waals surface area contributed by atoms with Gasteiger partial charge in [0.2, 0.25) is 0 Å². The average Bonchev–Trinajstić information content (AvgIpc) is 2.85. The Hall–Kier alpha value is -0.530. The van der Waals surface area contributed by atoms with Crippen molar-refractivity contribution in [3.8, 4) is 0 Å². The molecule has 0 spiro atoms. The zero-order chi connectivity index (χ0) is 13.1. The molecule has 3 unspecified atom stereocenters. The second-order valence-electron chi connectivity index (χ2n) is 6.15. The van der Waals surface area contributed by atoms with Crippen molar-refractivity contribution in [2.24, 2.45) is 5.92 Å². The van der Waals surface area contributed by atoms with Crippen LogP contribution >= 0.6 is 11.6 Å². The molecule has 19 heavy (non-hydrogen) atoms. The van der Waals surface area contributed by atoms with Gasteiger partial charge in [-0.25, -0.2) is 0 Å². The fourth-order valence-corrected chi connectivity index (χ4v) is 4.10. The number of halogens is 1. The van der Waals surface area contributed by atoms with Crippen LogP contribution in [0.3, 0.4) is 0 Å². The van der Waals surface area contributed by atoms with Crippen LogP contribution in [0.25, 0.3) is 0 Å². The van der Waals surface area contributed by atoms with E-state index in [2.05, 4.69) is 29.6 Å². The highest BCUT2D eigenvalue weighted by atomic mass is 35.5. The van der Waals surface area contributed by atoms with E-state index in [4.69, 9.17) is 11.6 Å². The van der Waals surface area contributed by atoms with Gasteiger partial charge in [0, 0.05) is 11.9 Å². The first-order valence-electron chi connectivity index (χ1n) is 7.77. The first kappa shape index (κ1) is 13.5. The molecule has 0 heterocycles. The highest BCUT2D eigenvalue weighted by molar-refractivity contribution is 6.20. The first-order chi connectivity index (χ1) is 9.34. The summed E-state index contributed by atoms with van der Waals surface area (Å²) in [7, 11) is 0. The Labute approximate surface area is 121 Å². The van der Waals surface area contributed by atoms with E-state index in [1.54, 1.807) is 11.1 Å². The smallest absolute Gasteiger partial charge is 0.0376 e. The maximum absolute atomic E-state index is 6.34. The molecule has 0 aliphatic heterocycles. The number of rotatable bonds is 4. The summed E-state index contributed by atoms with van der Waals surface area (Å²) in [6, 6.07) is 8.97. The number of benzene rings is 1. The Balaban J connectivity index is 1.53. The van der Waals surface area contributed by atoms with Crippen molar-refractivity contribution in [2.75, 3.05) is 13.1 Å². The van der Waals surface area contributed by atoms with Crippen molar-refractivity contribution in [3.05, 3.63) is 35.4 Å². The van der Waals surface area contributed by atoms with Crippen molar-refractivity contribution in [1.29, 1.82) is 0 Å². The van der Waals surface area contributed by atoms with E-state index in [0.717, 1.165) is 13.1 Å². The number of aryl methyl sites for hydroxylation is 1. The molecule has 1 fully saturated rings. The molecule has 1 aromatic carbocycles. The molecular formula is C17H24ClN. The van der Waals surface area contributed by atoms with Crippen LogP contribution in [0.1, 0.15) is 49.1 Å². The fourth-order valence-electron chi connectivity index (χ4n) is 3.73. The molecule has 1 nitrogen and oxygen atoms in total. The summed E-state index contributed by atoms with van der Waals surface area (Å²) in [6.45, 7) is 2.23. The minimum Gasteiger partial charge on any atom is -0.316 e. The molecule has 1 saturated carbocycles. The van der Waals surface area contributed by atoms with E-state index in [1.807, 2.05) is 0 Å². The van der Waals surface area contributed by atoms with Crippen molar-refractivity contribution in [1.82, 2.24) is 5.32 Å². The van der Waals surface area contributed by atoms with Crippen LogP contribution in [0.15, 0.2) is 24.3 Å². The van der Waals surface area contributed by atoms with Gasteiger partial charge in [-0.15, -0.1) is 11.6 Å². The lowest BCUT2D eigenvalue weighted by Crippen LogP contribution is -2.30. The van der Waals surface area contributed by atoms with Crippen LogP contribution in [0.5, 0.6) is 0 Å². The van der Waals surface area contributed by atoms with Gasteiger partial charge >= 0.3 is 0 Å². The summed E-state index contributed by atoms with van der Waals surface area (Å²) in [6.07, 6.45) is 7.76. The summed E-state index contributed by atoms with van der Waals surface area (Å²) in [5.41, 5.74) is 3.15. The molecule has 0 aromatic heterocycles. The van der Waals surface area contributed by atoms with E-state index in [0.29, 0.717) is 17.2 Å². The van der Waals surface area contributed by atoms with E-state index in [-0.39, 0.29) is 0 Å². The Bertz CT molecular complexity index is 417. The summed E-state index contributed by atoms with van der Waals surface area (Å²) in [4.78, 5) is 0. The predicted molar refractivity (Wildman–Crippen MR) is 82.0 cm³/mol. The highest BCUT2D eigenvalue weighted by Gasteiger charge is 2.25. The monoisotopic (exact) mass is 277 g/mol. The molecule has 3 rings (SSSR count). The minimum atomic E-state index is 0.408. The summed E-state index contributed by atoms with van der Waals surface area (Å²) in [5.74, 6) is 1.40. The van der Waals surface area contributed by atoms with Crippen LogP contribution in [0, 0.1) is 5.92 Å². The number of fused-ring (bicyclic) bond motifs is 1. The van der Waals surface area contributed by atoms with Crippen molar-refractivity contribution in [2.45, 2.75) is 49.8 Å². The average molecular weight is 278 g/mol. The van der Waals surface area contributed by atoms with Gasteiger partial charge in [-0.2, -0.15) is 0 Å². The third-order valence-electron chi connectivity index (χ3n) is 4.86. The van der Waals surface area contributed by atoms with Crippen molar-refractivity contribution >= 4 is 11.6 Å². The fraction of sp³-hybridized carbons (Fsp3) is 0.647. The molecule has 0 saturated heterocycles. The van der Waals surface area contributed by atoms with E-state index < -0.39 is 0 Å². The van der Waals surface area contributed by atoms with Crippen LogP contribution in [-0.4, -0.2) is 18.5 Å². The van der Waals surface area contributed by atoms with Crippen molar-refractivity contribution < 1.29 is 0 Å². The largest absolute Gasteiger partial charge is 0.316 e. The molecule has 0 amide bonds. The Morgan fingerprint density at radius 2 is 1.95 bits per heavy atom. The van der Waals surface area contributed by atoms with Crippen LogP contribution < -0.4 is 5.32 Å². The van der Waals surface area contributed by atoms with Crippen LogP contribution in [0.2, 0.25) is 0 Å². The van der Waals surface area contributed by atoms with Gasteiger partial charge in [0.25, 0.3) is 0 Å². The lowest BCUT2D eigenvalue weighted by Gasteiger charge is -2.26. The molecule has 0 bridgehead atoms. The minimum absolute atomic E-state index is 0.408. The molecule has 104 valence electrons. The lowest BCUT2D eigenvalue weighted by molar-refractivity contribution is 0.452. The number of hydrogen-bond acceptors (Lipinski definition) is 1. The van der Waals surface area contributed by atoms with E-state index >= 15 is 0 Å². The quantitative estimate of drug-likeness (QED) is 0.817. The zero-order valence-corrected chi connectivity index (χ0v) is 12.3. The molecular weight excluding hydrogens is 254 g/mol. The van der Waals surface area contributed by atoms with Crippen LogP contribution in [0.4, 0.5) is 0 Å². The first-order valence-corrected chi connectivity index (χ1v) is 8.21. The van der Waals surface area contributed by atoms with Gasteiger partial charge in [0.15, 0.2) is 0 Å². The second kappa shape index (κ2) is 6.28. The zero-order valence-electron chi connectivity index (χ0n) is 11.6. The van der Waals surface area contributed by atoms with Gasteiger partial charge in [-0.1, -0.05) is 30.7 Å². The summed E-state index contributed by atoms with van der Waals surface area (Å²) < 4.78 is 0. The van der Waals surface area contributed by atoms with E-state index in [9.17, 15) is 0 Å². The van der Waals surface area contributed by atoms with Crippen molar-refractivity contribution in [3.63, 3.8) is 0 Å². The Morgan fingerprint density at radius 1 is 1.05 bits per heavy atom. The van der Waals surface area contributed by atoms with Gasteiger partial charge in [0.1, 0.15) is 0 Å². The normalized spacial score (nSPS) is 30.3. The Kier molecular flexibility index (Phi) is 4.45. The molecule has 0 radical (unpaired) electrons. The van der Waals surface area contributed by atoms with Gasteiger partial charge in [-0.3, -0.25) is 0 Å². The molecule has 1 N–H and O–H groups in total. The number of nitrogens with one attached hydrogen (secondary N) is 1. The van der Waals surface area contributed by atoms with E-state index in [1.165, 1.54) is 38.5 Å². The van der Waals surface area contributed by atoms with Gasteiger partial charge in [0.05, 0.1) is 0 Å². The maximum Gasteiger partial charge on any atom is 0.0376 e. The topological polar surface area (TPSA) is 12.0 Å². The summed E-state index contributed by atoms with van der Waals surface area (Å²) >= 11 is 6.34. The second-order valence-corrected chi connectivity index (χ2v) is 6.71.